The Morgan fingerprint density at radius 3 is 2.63 bits per heavy atom. The molecule has 1 aromatic heterocycles. The summed E-state index contributed by atoms with van der Waals surface area (Å²) in [6.45, 7) is 3.93. The highest BCUT2D eigenvalue weighted by molar-refractivity contribution is 7.99. The molecule has 2 nitrogen and oxygen atoms in total. The van der Waals surface area contributed by atoms with Gasteiger partial charge in [0.2, 0.25) is 0 Å². The molecule has 0 radical (unpaired) electrons. The Bertz CT molecular complexity index is 600. The lowest BCUT2D eigenvalue weighted by molar-refractivity contribution is 1.02. The van der Waals surface area contributed by atoms with E-state index in [1.807, 2.05) is 26.0 Å². The van der Waals surface area contributed by atoms with Crippen molar-refractivity contribution in [2.24, 2.45) is 0 Å². The van der Waals surface area contributed by atoms with Crippen LogP contribution in [0.2, 0.25) is 0 Å². The zero-order chi connectivity index (χ0) is 13.7. The summed E-state index contributed by atoms with van der Waals surface area (Å²) in [5.41, 5.74) is 4.01. The van der Waals surface area contributed by atoms with E-state index < -0.39 is 0 Å². The summed E-state index contributed by atoms with van der Waals surface area (Å²) in [6, 6.07) is 14.6. The number of rotatable bonds is 4. The van der Waals surface area contributed by atoms with Crippen molar-refractivity contribution in [3.63, 3.8) is 0 Å². The van der Waals surface area contributed by atoms with Gasteiger partial charge in [-0.25, -0.2) is 4.98 Å². The van der Waals surface area contributed by atoms with Gasteiger partial charge in [-0.1, -0.05) is 30.3 Å². The molecule has 2 aromatic rings. The number of benzene rings is 1. The number of hydrogen-bond acceptors (Lipinski definition) is 3. The van der Waals surface area contributed by atoms with Crippen LogP contribution in [0, 0.1) is 25.2 Å². The Kier molecular flexibility index (Phi) is 4.59. The van der Waals surface area contributed by atoms with E-state index in [4.69, 9.17) is 0 Å². The number of pyridine rings is 1. The fraction of sp³-hybridized carbons (Fsp3) is 0.250. The van der Waals surface area contributed by atoms with Crippen LogP contribution in [0.3, 0.4) is 0 Å². The molecular weight excluding hydrogens is 252 g/mol. The van der Waals surface area contributed by atoms with Gasteiger partial charge in [-0.15, -0.1) is 11.8 Å². The largest absolute Gasteiger partial charge is 0.245 e. The summed E-state index contributed by atoms with van der Waals surface area (Å²) >= 11 is 1.66. The molecule has 1 aromatic carbocycles. The first-order valence-electron chi connectivity index (χ1n) is 6.26. The molecule has 0 aliphatic carbocycles. The van der Waals surface area contributed by atoms with E-state index in [1.54, 1.807) is 11.8 Å². The highest BCUT2D eigenvalue weighted by Gasteiger charge is 2.08. The maximum absolute atomic E-state index is 9.20. The van der Waals surface area contributed by atoms with Crippen LogP contribution in [0.15, 0.2) is 41.4 Å². The zero-order valence-electron chi connectivity index (χ0n) is 11.2. The van der Waals surface area contributed by atoms with Gasteiger partial charge in [0.15, 0.2) is 0 Å². The van der Waals surface area contributed by atoms with Crippen molar-refractivity contribution in [2.45, 2.75) is 25.3 Å². The van der Waals surface area contributed by atoms with Crippen LogP contribution >= 0.6 is 11.8 Å². The van der Waals surface area contributed by atoms with E-state index >= 15 is 0 Å². The number of nitriles is 1. The molecule has 3 heteroatoms. The van der Waals surface area contributed by atoms with Crippen molar-refractivity contribution in [3.05, 3.63) is 58.8 Å². The number of aromatic nitrogens is 1. The molecule has 0 aliphatic heterocycles. The third-order valence-electron chi connectivity index (χ3n) is 2.90. The SMILES string of the molecule is Cc1cc(C)c(C#N)c(SCCc2ccccc2)n1. The van der Waals surface area contributed by atoms with Gasteiger partial charge in [0.1, 0.15) is 11.1 Å². The van der Waals surface area contributed by atoms with Crippen molar-refractivity contribution in [3.8, 4) is 6.07 Å². The third kappa shape index (κ3) is 3.59. The molecule has 19 heavy (non-hydrogen) atoms. The molecule has 0 unspecified atom stereocenters. The van der Waals surface area contributed by atoms with E-state index in [0.717, 1.165) is 28.5 Å². The van der Waals surface area contributed by atoms with Gasteiger partial charge in [0, 0.05) is 11.4 Å². The predicted molar refractivity (Wildman–Crippen MR) is 79.3 cm³/mol. The molecule has 0 atom stereocenters. The van der Waals surface area contributed by atoms with Crippen molar-refractivity contribution in [1.82, 2.24) is 4.98 Å². The Balaban J connectivity index is 2.06. The average molecular weight is 268 g/mol. The lowest BCUT2D eigenvalue weighted by atomic mass is 10.1. The van der Waals surface area contributed by atoms with E-state index in [2.05, 4.69) is 35.3 Å². The second-order valence-corrected chi connectivity index (χ2v) is 5.54. The minimum Gasteiger partial charge on any atom is -0.245 e. The van der Waals surface area contributed by atoms with Crippen LogP contribution in [0.4, 0.5) is 0 Å². The van der Waals surface area contributed by atoms with Crippen molar-refractivity contribution in [2.75, 3.05) is 5.75 Å². The van der Waals surface area contributed by atoms with Gasteiger partial charge in [-0.05, 0) is 37.5 Å². The zero-order valence-corrected chi connectivity index (χ0v) is 12.0. The fourth-order valence-electron chi connectivity index (χ4n) is 1.95. The van der Waals surface area contributed by atoms with Gasteiger partial charge in [0.05, 0.1) is 5.56 Å². The summed E-state index contributed by atoms with van der Waals surface area (Å²) < 4.78 is 0. The first-order valence-corrected chi connectivity index (χ1v) is 7.24. The van der Waals surface area contributed by atoms with Crippen molar-refractivity contribution in [1.29, 1.82) is 5.26 Å². The second kappa shape index (κ2) is 6.40. The number of hydrogen-bond donors (Lipinski definition) is 0. The number of thioether (sulfide) groups is 1. The maximum atomic E-state index is 9.20. The Labute approximate surface area is 118 Å². The predicted octanol–water partition coefficient (Wildman–Crippen LogP) is 3.90. The van der Waals surface area contributed by atoms with Crippen LogP contribution in [-0.4, -0.2) is 10.7 Å². The minimum atomic E-state index is 0.712. The molecule has 2 rings (SSSR count). The molecule has 96 valence electrons. The first-order chi connectivity index (χ1) is 9.20. The van der Waals surface area contributed by atoms with Gasteiger partial charge in [-0.3, -0.25) is 0 Å². The summed E-state index contributed by atoms with van der Waals surface area (Å²) in [7, 11) is 0. The first kappa shape index (κ1) is 13.6. The highest BCUT2D eigenvalue weighted by Crippen LogP contribution is 2.24. The van der Waals surface area contributed by atoms with Crippen molar-refractivity contribution < 1.29 is 0 Å². The van der Waals surface area contributed by atoms with Crippen LogP contribution in [0.5, 0.6) is 0 Å². The lowest BCUT2D eigenvalue weighted by Gasteiger charge is -2.07. The molecule has 0 N–H and O–H groups in total. The van der Waals surface area contributed by atoms with E-state index in [0.29, 0.717) is 5.56 Å². The lowest BCUT2D eigenvalue weighted by Crippen LogP contribution is -1.96. The summed E-state index contributed by atoms with van der Waals surface area (Å²) in [5, 5.41) is 10.1. The number of aryl methyl sites for hydroxylation is 3. The van der Waals surface area contributed by atoms with E-state index in [1.165, 1.54) is 5.56 Å². The van der Waals surface area contributed by atoms with Crippen molar-refractivity contribution >= 4 is 11.8 Å². The molecule has 0 aliphatic rings. The average Bonchev–Trinajstić information content (AvgIpc) is 2.39. The normalized spacial score (nSPS) is 10.2. The monoisotopic (exact) mass is 268 g/mol. The van der Waals surface area contributed by atoms with Crippen LogP contribution in [0.25, 0.3) is 0 Å². The fourth-order valence-corrected chi connectivity index (χ4v) is 3.04. The molecule has 0 spiro atoms. The molecule has 0 bridgehead atoms. The summed E-state index contributed by atoms with van der Waals surface area (Å²) in [4.78, 5) is 4.48. The topological polar surface area (TPSA) is 36.7 Å². The summed E-state index contributed by atoms with van der Waals surface area (Å²) in [5.74, 6) is 0.939. The highest BCUT2D eigenvalue weighted by atomic mass is 32.2. The molecule has 0 fully saturated rings. The van der Waals surface area contributed by atoms with E-state index in [-0.39, 0.29) is 0 Å². The van der Waals surface area contributed by atoms with Crippen LogP contribution in [0.1, 0.15) is 22.4 Å². The van der Waals surface area contributed by atoms with Gasteiger partial charge >= 0.3 is 0 Å². The van der Waals surface area contributed by atoms with Gasteiger partial charge < -0.3 is 0 Å². The van der Waals surface area contributed by atoms with Gasteiger partial charge in [0.25, 0.3) is 0 Å². The van der Waals surface area contributed by atoms with Crippen LogP contribution in [-0.2, 0) is 6.42 Å². The third-order valence-corrected chi connectivity index (χ3v) is 3.87. The Morgan fingerprint density at radius 1 is 1.21 bits per heavy atom. The standard InChI is InChI=1S/C16H16N2S/c1-12-10-13(2)18-16(15(12)11-17)19-9-8-14-6-4-3-5-7-14/h3-7,10H,8-9H2,1-2H3. The Hall–Kier alpha value is -1.79. The maximum Gasteiger partial charge on any atom is 0.114 e. The molecule has 0 amide bonds. The molecule has 1 heterocycles. The minimum absolute atomic E-state index is 0.712. The number of nitrogens with zero attached hydrogens (tertiary/aromatic N) is 2. The molecular formula is C16H16N2S. The van der Waals surface area contributed by atoms with Gasteiger partial charge in [-0.2, -0.15) is 5.26 Å². The quantitative estimate of drug-likeness (QED) is 0.789. The Morgan fingerprint density at radius 2 is 1.95 bits per heavy atom. The van der Waals surface area contributed by atoms with Crippen LogP contribution < -0.4 is 0 Å². The smallest absolute Gasteiger partial charge is 0.114 e. The molecule has 0 saturated carbocycles. The summed E-state index contributed by atoms with van der Waals surface area (Å²) in [6.07, 6.45) is 0.991. The second-order valence-electron chi connectivity index (χ2n) is 4.46. The molecule has 0 saturated heterocycles. The van der Waals surface area contributed by atoms with E-state index in [9.17, 15) is 5.26 Å².